The molecule has 4 N–H and O–H groups in total. The van der Waals surface area contributed by atoms with Gasteiger partial charge in [0.2, 0.25) is 0 Å². The first-order valence-corrected chi connectivity index (χ1v) is 5.90. The van der Waals surface area contributed by atoms with Crippen molar-refractivity contribution >= 4 is 23.2 Å². The molecular formula is C11H16ClN3O3. The summed E-state index contributed by atoms with van der Waals surface area (Å²) in [6.07, 6.45) is 2.01. The Bertz CT molecular complexity index is 401. The summed E-state index contributed by atoms with van der Waals surface area (Å²) < 4.78 is 5.06. The van der Waals surface area contributed by atoms with Gasteiger partial charge in [-0.2, -0.15) is 0 Å². The van der Waals surface area contributed by atoms with Crippen LogP contribution in [0, 0.1) is 0 Å². The smallest absolute Gasteiger partial charge is 0.253 e. The Morgan fingerprint density at radius 3 is 3.06 bits per heavy atom. The lowest BCUT2D eigenvalue weighted by atomic mass is 10.2. The second-order valence-corrected chi connectivity index (χ2v) is 3.93. The predicted octanol–water partition coefficient (Wildman–Crippen LogP) is 0.446. The molecule has 100 valence electrons. The van der Waals surface area contributed by atoms with Gasteiger partial charge in [0.1, 0.15) is 5.15 Å². The van der Waals surface area contributed by atoms with E-state index < -0.39 is 0 Å². The van der Waals surface area contributed by atoms with Crippen LogP contribution in [0.2, 0.25) is 5.15 Å². The van der Waals surface area contributed by atoms with E-state index in [1.807, 2.05) is 0 Å². The summed E-state index contributed by atoms with van der Waals surface area (Å²) in [6, 6.07) is 1.43. The molecule has 1 amide bonds. The number of pyridine rings is 1. The minimum atomic E-state index is -0.293. The lowest BCUT2D eigenvalue weighted by molar-refractivity contribution is 0.0868. The monoisotopic (exact) mass is 273 g/mol. The van der Waals surface area contributed by atoms with Crippen LogP contribution < -0.4 is 11.1 Å². The summed E-state index contributed by atoms with van der Waals surface area (Å²) in [5, 5.41) is 11.4. The number of ether oxygens (including phenoxy) is 1. The second kappa shape index (κ2) is 7.86. The van der Waals surface area contributed by atoms with E-state index in [1.54, 1.807) is 0 Å². The molecule has 1 rings (SSSR count). The Morgan fingerprint density at radius 2 is 2.33 bits per heavy atom. The van der Waals surface area contributed by atoms with Crippen LogP contribution in [0.3, 0.4) is 0 Å². The van der Waals surface area contributed by atoms with Gasteiger partial charge in [-0.25, -0.2) is 4.98 Å². The summed E-state index contributed by atoms with van der Waals surface area (Å²) >= 11 is 5.69. The number of nitrogens with zero attached hydrogens (tertiary/aromatic N) is 1. The molecule has 0 aliphatic carbocycles. The van der Waals surface area contributed by atoms with E-state index in [1.165, 1.54) is 12.3 Å². The molecule has 18 heavy (non-hydrogen) atoms. The fourth-order valence-corrected chi connectivity index (χ4v) is 1.43. The molecule has 7 heteroatoms. The standard InChI is InChI=1S/C11H16ClN3O3/c12-10-6-8(9(13)7-15-10)11(17)14-2-1-4-18-5-3-16/h6-7,16H,1-5,13H2,(H,14,17). The van der Waals surface area contributed by atoms with E-state index in [-0.39, 0.29) is 23.4 Å². The van der Waals surface area contributed by atoms with Gasteiger partial charge >= 0.3 is 0 Å². The van der Waals surface area contributed by atoms with Gasteiger partial charge in [0.25, 0.3) is 5.91 Å². The third kappa shape index (κ3) is 4.87. The van der Waals surface area contributed by atoms with E-state index >= 15 is 0 Å². The summed E-state index contributed by atoms with van der Waals surface area (Å²) in [5.74, 6) is -0.293. The first kappa shape index (κ1) is 14.7. The fourth-order valence-electron chi connectivity index (χ4n) is 1.28. The average molecular weight is 274 g/mol. The fraction of sp³-hybridized carbons (Fsp3) is 0.455. The number of hydrogen-bond acceptors (Lipinski definition) is 5. The summed E-state index contributed by atoms with van der Waals surface area (Å²) in [7, 11) is 0. The highest BCUT2D eigenvalue weighted by Gasteiger charge is 2.10. The molecule has 1 aromatic rings. The van der Waals surface area contributed by atoms with Crippen LogP contribution in [-0.4, -0.2) is 42.4 Å². The maximum atomic E-state index is 11.7. The summed E-state index contributed by atoms with van der Waals surface area (Å²) in [6.45, 7) is 1.25. The summed E-state index contributed by atoms with van der Waals surface area (Å²) in [4.78, 5) is 15.5. The zero-order valence-electron chi connectivity index (χ0n) is 9.86. The van der Waals surface area contributed by atoms with Crippen LogP contribution in [0.4, 0.5) is 5.69 Å². The zero-order chi connectivity index (χ0) is 13.4. The maximum Gasteiger partial charge on any atom is 0.253 e. The Morgan fingerprint density at radius 1 is 1.56 bits per heavy atom. The van der Waals surface area contributed by atoms with Gasteiger partial charge in [0.15, 0.2) is 0 Å². The van der Waals surface area contributed by atoms with Gasteiger partial charge in [-0.05, 0) is 12.5 Å². The first-order chi connectivity index (χ1) is 8.65. The molecule has 0 aliphatic heterocycles. The SMILES string of the molecule is Nc1cnc(Cl)cc1C(=O)NCCCOCCO. The molecule has 0 atom stereocenters. The second-order valence-electron chi connectivity index (χ2n) is 3.54. The minimum absolute atomic E-state index is 0.00158. The van der Waals surface area contributed by atoms with Crippen molar-refractivity contribution in [1.29, 1.82) is 0 Å². The number of nitrogen functional groups attached to an aromatic ring is 1. The number of anilines is 1. The Kier molecular flexibility index (Phi) is 6.42. The quantitative estimate of drug-likeness (QED) is 0.495. The molecule has 0 radical (unpaired) electrons. The van der Waals surface area contributed by atoms with Gasteiger partial charge in [-0.1, -0.05) is 11.6 Å². The number of amides is 1. The molecule has 0 saturated heterocycles. The summed E-state index contributed by atoms with van der Waals surface area (Å²) in [5.41, 5.74) is 6.22. The van der Waals surface area contributed by atoms with Crippen LogP contribution in [0.1, 0.15) is 16.8 Å². The largest absolute Gasteiger partial charge is 0.397 e. The molecule has 0 fully saturated rings. The number of carbonyl (C=O) groups is 1. The van der Waals surface area contributed by atoms with Crippen LogP contribution in [0.25, 0.3) is 0 Å². The van der Waals surface area contributed by atoms with Crippen molar-refractivity contribution in [2.45, 2.75) is 6.42 Å². The number of rotatable bonds is 7. The molecule has 0 bridgehead atoms. The van der Waals surface area contributed by atoms with Crippen LogP contribution in [0.5, 0.6) is 0 Å². The van der Waals surface area contributed by atoms with Gasteiger partial charge in [-0.15, -0.1) is 0 Å². The van der Waals surface area contributed by atoms with Crippen molar-refractivity contribution < 1.29 is 14.6 Å². The highest BCUT2D eigenvalue weighted by atomic mass is 35.5. The lowest BCUT2D eigenvalue weighted by Crippen LogP contribution is -2.26. The average Bonchev–Trinajstić information content (AvgIpc) is 2.36. The number of aliphatic hydroxyl groups excluding tert-OH is 1. The van der Waals surface area contributed by atoms with E-state index in [0.717, 1.165) is 0 Å². The number of carbonyl (C=O) groups excluding carboxylic acids is 1. The van der Waals surface area contributed by atoms with E-state index in [4.69, 9.17) is 27.2 Å². The molecule has 0 spiro atoms. The normalized spacial score (nSPS) is 10.3. The third-order valence-electron chi connectivity index (χ3n) is 2.13. The first-order valence-electron chi connectivity index (χ1n) is 5.53. The number of halogens is 1. The van der Waals surface area contributed by atoms with Crippen molar-refractivity contribution in [3.63, 3.8) is 0 Å². The predicted molar refractivity (Wildman–Crippen MR) is 68.5 cm³/mol. The third-order valence-corrected chi connectivity index (χ3v) is 2.34. The van der Waals surface area contributed by atoms with E-state index in [0.29, 0.717) is 31.7 Å². The molecule has 6 nitrogen and oxygen atoms in total. The van der Waals surface area contributed by atoms with Gasteiger partial charge in [0, 0.05) is 13.2 Å². The number of hydrogen-bond donors (Lipinski definition) is 3. The van der Waals surface area contributed by atoms with Gasteiger partial charge < -0.3 is 20.9 Å². The number of aliphatic hydroxyl groups is 1. The molecule has 0 saturated carbocycles. The number of nitrogens with one attached hydrogen (secondary N) is 1. The molecule has 0 aromatic carbocycles. The van der Waals surface area contributed by atoms with Crippen molar-refractivity contribution in [3.8, 4) is 0 Å². The van der Waals surface area contributed by atoms with Crippen molar-refractivity contribution in [1.82, 2.24) is 10.3 Å². The highest BCUT2D eigenvalue weighted by Crippen LogP contribution is 2.14. The topological polar surface area (TPSA) is 97.5 Å². The van der Waals surface area contributed by atoms with E-state index in [2.05, 4.69) is 10.3 Å². The molecular weight excluding hydrogens is 258 g/mol. The van der Waals surface area contributed by atoms with Crippen molar-refractivity contribution in [2.75, 3.05) is 32.1 Å². The molecule has 0 unspecified atom stereocenters. The van der Waals surface area contributed by atoms with Gasteiger partial charge in [-0.3, -0.25) is 4.79 Å². The maximum absolute atomic E-state index is 11.7. The molecule has 1 aromatic heterocycles. The van der Waals surface area contributed by atoms with Crippen LogP contribution >= 0.6 is 11.6 Å². The highest BCUT2D eigenvalue weighted by molar-refractivity contribution is 6.29. The molecule has 0 aliphatic rings. The molecule has 1 heterocycles. The zero-order valence-corrected chi connectivity index (χ0v) is 10.6. The van der Waals surface area contributed by atoms with Crippen molar-refractivity contribution in [2.24, 2.45) is 0 Å². The van der Waals surface area contributed by atoms with Crippen LogP contribution in [-0.2, 0) is 4.74 Å². The minimum Gasteiger partial charge on any atom is -0.397 e. The Hall–Kier alpha value is -1.37. The number of aromatic nitrogens is 1. The van der Waals surface area contributed by atoms with E-state index in [9.17, 15) is 4.79 Å². The lowest BCUT2D eigenvalue weighted by Gasteiger charge is -2.07. The van der Waals surface area contributed by atoms with Crippen LogP contribution in [0.15, 0.2) is 12.3 Å². The number of nitrogens with two attached hydrogens (primary N) is 1. The Labute approximate surface area is 110 Å². The van der Waals surface area contributed by atoms with Gasteiger partial charge in [0.05, 0.1) is 30.7 Å². The van der Waals surface area contributed by atoms with Crippen molar-refractivity contribution in [3.05, 3.63) is 23.0 Å². The Balaban J connectivity index is 2.34.